The molecule has 2 aromatic rings. The fraction of sp³-hybridized carbons (Fsp3) is 0.167. The first-order valence-corrected chi connectivity index (χ1v) is 6.19. The summed E-state index contributed by atoms with van der Waals surface area (Å²) in [4.78, 5) is 16.4. The van der Waals surface area contributed by atoms with Gasteiger partial charge in [0, 0.05) is 12.5 Å². The number of thiazole rings is 1. The van der Waals surface area contributed by atoms with Crippen molar-refractivity contribution >= 4 is 28.7 Å². The molecule has 2 nitrogen and oxygen atoms in total. The molecule has 16 heavy (non-hydrogen) atoms. The van der Waals surface area contributed by atoms with E-state index in [9.17, 15) is 4.79 Å². The number of Topliss-reactive ketones (excluding diaryl/α,β-unsaturated/α-hetero) is 1. The minimum absolute atomic E-state index is 0.0235. The number of halogens is 1. The van der Waals surface area contributed by atoms with Crippen LogP contribution in [0, 0.1) is 0 Å². The van der Waals surface area contributed by atoms with Gasteiger partial charge in [0.05, 0.1) is 16.5 Å². The van der Waals surface area contributed by atoms with Crippen LogP contribution in [-0.2, 0) is 5.88 Å². The molecule has 0 atom stereocenters. The van der Waals surface area contributed by atoms with E-state index in [1.165, 1.54) is 11.3 Å². The second-order valence-electron chi connectivity index (χ2n) is 3.35. The smallest absolute Gasteiger partial charge is 0.171 e. The summed E-state index contributed by atoms with van der Waals surface area (Å²) < 4.78 is 0. The first kappa shape index (κ1) is 11.3. The molecule has 0 N–H and O–H groups in total. The average molecular weight is 252 g/mol. The van der Waals surface area contributed by atoms with Crippen LogP contribution in [0.2, 0.25) is 0 Å². The lowest BCUT2D eigenvalue weighted by molar-refractivity contribution is 0.102. The molecular weight excluding hydrogens is 242 g/mol. The number of carbonyl (C=O) groups is 1. The number of ketones is 1. The first-order chi connectivity index (χ1) is 7.72. The van der Waals surface area contributed by atoms with Gasteiger partial charge in [0.2, 0.25) is 0 Å². The van der Waals surface area contributed by atoms with Crippen LogP contribution in [0.5, 0.6) is 0 Å². The Labute approximate surface area is 103 Å². The highest BCUT2D eigenvalue weighted by atomic mass is 35.5. The zero-order valence-electron chi connectivity index (χ0n) is 8.74. The predicted octanol–water partition coefficient (Wildman–Crippen LogP) is 3.75. The van der Waals surface area contributed by atoms with E-state index in [0.29, 0.717) is 10.6 Å². The number of nitrogens with zero attached hydrogens (tertiary/aromatic N) is 1. The molecule has 1 heterocycles. The molecule has 0 saturated carbocycles. The summed E-state index contributed by atoms with van der Waals surface area (Å²) in [6, 6.07) is 9.79. The predicted molar refractivity (Wildman–Crippen MR) is 67.1 cm³/mol. The number of rotatable bonds is 3. The Hall–Kier alpha value is -1.19. The van der Waals surface area contributed by atoms with Crippen LogP contribution in [0.3, 0.4) is 0 Å². The van der Waals surface area contributed by atoms with Crippen LogP contribution in [0.15, 0.2) is 30.3 Å². The second kappa shape index (κ2) is 4.76. The quantitative estimate of drug-likeness (QED) is 0.614. The van der Waals surface area contributed by atoms with E-state index in [4.69, 9.17) is 11.6 Å². The van der Waals surface area contributed by atoms with Crippen LogP contribution < -0.4 is 0 Å². The van der Waals surface area contributed by atoms with Crippen molar-refractivity contribution in [2.24, 2.45) is 0 Å². The highest BCUT2D eigenvalue weighted by molar-refractivity contribution is 7.17. The molecule has 82 valence electrons. The molecule has 0 aliphatic carbocycles. The summed E-state index contributed by atoms with van der Waals surface area (Å²) in [5.74, 6) is 0.299. The van der Waals surface area contributed by atoms with Gasteiger partial charge in [-0.15, -0.1) is 22.9 Å². The van der Waals surface area contributed by atoms with Crippen molar-refractivity contribution in [3.63, 3.8) is 0 Å². The molecule has 0 bridgehead atoms. The number of hydrogen-bond acceptors (Lipinski definition) is 3. The molecule has 0 unspecified atom stereocenters. The Morgan fingerprint density at radius 2 is 2.06 bits per heavy atom. The highest BCUT2D eigenvalue weighted by Crippen LogP contribution is 2.29. The molecule has 4 heteroatoms. The summed E-state index contributed by atoms with van der Waals surface area (Å²) in [7, 11) is 0. The van der Waals surface area contributed by atoms with E-state index in [1.807, 2.05) is 30.3 Å². The van der Waals surface area contributed by atoms with Gasteiger partial charge in [0.25, 0.3) is 0 Å². The standard InChI is InChI=1S/C12H10ClNOS/c1-8(15)11-10(7-13)14-12(16-11)9-5-3-2-4-6-9/h2-6H,7H2,1H3. The SMILES string of the molecule is CC(=O)c1sc(-c2ccccc2)nc1CCl. The van der Waals surface area contributed by atoms with E-state index in [0.717, 1.165) is 10.6 Å². The molecule has 1 aromatic carbocycles. The third kappa shape index (κ3) is 2.15. The molecular formula is C12H10ClNOS. The number of hydrogen-bond donors (Lipinski definition) is 0. The van der Waals surface area contributed by atoms with Crippen molar-refractivity contribution in [1.82, 2.24) is 4.98 Å². The zero-order valence-corrected chi connectivity index (χ0v) is 10.3. The van der Waals surface area contributed by atoms with Gasteiger partial charge < -0.3 is 0 Å². The zero-order chi connectivity index (χ0) is 11.5. The molecule has 0 radical (unpaired) electrons. The molecule has 0 aliphatic rings. The lowest BCUT2D eigenvalue weighted by atomic mass is 10.2. The Morgan fingerprint density at radius 3 is 2.56 bits per heavy atom. The van der Waals surface area contributed by atoms with Gasteiger partial charge in [-0.25, -0.2) is 4.98 Å². The van der Waals surface area contributed by atoms with E-state index in [-0.39, 0.29) is 11.7 Å². The number of carbonyl (C=O) groups excluding carboxylic acids is 1. The first-order valence-electron chi connectivity index (χ1n) is 4.84. The lowest BCUT2D eigenvalue weighted by Crippen LogP contribution is -1.92. The minimum atomic E-state index is 0.0235. The van der Waals surface area contributed by atoms with Crippen LogP contribution in [0.25, 0.3) is 10.6 Å². The largest absolute Gasteiger partial charge is 0.294 e. The van der Waals surface area contributed by atoms with Gasteiger partial charge in [-0.1, -0.05) is 30.3 Å². The van der Waals surface area contributed by atoms with Gasteiger partial charge in [0.15, 0.2) is 5.78 Å². The molecule has 0 amide bonds. The van der Waals surface area contributed by atoms with Crippen LogP contribution in [0.1, 0.15) is 22.3 Å². The van der Waals surface area contributed by atoms with E-state index < -0.39 is 0 Å². The van der Waals surface area contributed by atoms with Crippen molar-refractivity contribution in [2.75, 3.05) is 0 Å². The van der Waals surface area contributed by atoms with Gasteiger partial charge in [-0.2, -0.15) is 0 Å². The summed E-state index contributed by atoms with van der Waals surface area (Å²) in [6.45, 7) is 1.54. The van der Waals surface area contributed by atoms with Crippen molar-refractivity contribution in [1.29, 1.82) is 0 Å². The molecule has 0 aliphatic heterocycles. The fourth-order valence-electron chi connectivity index (χ4n) is 1.42. The van der Waals surface area contributed by atoms with Gasteiger partial charge in [-0.05, 0) is 0 Å². The Bertz CT molecular complexity index is 507. The summed E-state index contributed by atoms with van der Waals surface area (Å²) >= 11 is 7.17. The van der Waals surface area contributed by atoms with Crippen molar-refractivity contribution in [3.05, 3.63) is 40.9 Å². The molecule has 2 rings (SSSR count). The summed E-state index contributed by atoms with van der Waals surface area (Å²) in [5, 5.41) is 0.849. The third-order valence-electron chi connectivity index (χ3n) is 2.16. The van der Waals surface area contributed by atoms with Gasteiger partial charge >= 0.3 is 0 Å². The maximum atomic E-state index is 11.4. The Kier molecular flexibility index (Phi) is 3.36. The topological polar surface area (TPSA) is 30.0 Å². The number of alkyl halides is 1. The molecule has 0 spiro atoms. The second-order valence-corrected chi connectivity index (χ2v) is 4.62. The molecule has 0 fully saturated rings. The molecule has 1 aromatic heterocycles. The van der Waals surface area contributed by atoms with Gasteiger partial charge in [0.1, 0.15) is 5.01 Å². The fourth-order valence-corrected chi connectivity index (χ4v) is 2.68. The Morgan fingerprint density at radius 1 is 1.38 bits per heavy atom. The van der Waals surface area contributed by atoms with Gasteiger partial charge in [-0.3, -0.25) is 4.79 Å². The highest BCUT2D eigenvalue weighted by Gasteiger charge is 2.14. The Balaban J connectivity index is 2.48. The molecule has 0 saturated heterocycles. The average Bonchev–Trinajstić information content (AvgIpc) is 2.74. The maximum absolute atomic E-state index is 11.4. The van der Waals surface area contributed by atoms with E-state index >= 15 is 0 Å². The normalized spacial score (nSPS) is 10.4. The third-order valence-corrected chi connectivity index (χ3v) is 3.67. The number of benzene rings is 1. The summed E-state index contributed by atoms with van der Waals surface area (Å²) in [5.41, 5.74) is 1.70. The van der Waals surface area contributed by atoms with Crippen LogP contribution in [-0.4, -0.2) is 10.8 Å². The van der Waals surface area contributed by atoms with Crippen LogP contribution >= 0.6 is 22.9 Å². The van der Waals surface area contributed by atoms with Crippen LogP contribution in [0.4, 0.5) is 0 Å². The van der Waals surface area contributed by atoms with Crippen molar-refractivity contribution < 1.29 is 4.79 Å². The monoisotopic (exact) mass is 251 g/mol. The number of aromatic nitrogens is 1. The van der Waals surface area contributed by atoms with E-state index in [2.05, 4.69) is 4.98 Å². The van der Waals surface area contributed by atoms with Crippen molar-refractivity contribution in [2.45, 2.75) is 12.8 Å². The lowest BCUT2D eigenvalue weighted by Gasteiger charge is -1.92. The van der Waals surface area contributed by atoms with Crippen molar-refractivity contribution in [3.8, 4) is 10.6 Å². The van der Waals surface area contributed by atoms with E-state index in [1.54, 1.807) is 6.92 Å². The minimum Gasteiger partial charge on any atom is -0.294 e. The summed E-state index contributed by atoms with van der Waals surface area (Å²) in [6.07, 6.45) is 0. The maximum Gasteiger partial charge on any atom is 0.171 e.